The summed E-state index contributed by atoms with van der Waals surface area (Å²) >= 11 is 0. The average molecular weight is 267 g/mol. The molecular formula is C13H25N5O. The van der Waals surface area contributed by atoms with Gasteiger partial charge in [0.1, 0.15) is 0 Å². The third-order valence-corrected chi connectivity index (χ3v) is 3.32. The predicted molar refractivity (Wildman–Crippen MR) is 73.9 cm³/mol. The van der Waals surface area contributed by atoms with Crippen molar-refractivity contribution >= 4 is 0 Å². The van der Waals surface area contributed by atoms with E-state index in [4.69, 9.17) is 4.74 Å². The Morgan fingerprint density at radius 3 is 3.21 bits per heavy atom. The molecule has 0 saturated carbocycles. The summed E-state index contributed by atoms with van der Waals surface area (Å²) < 4.78 is 7.58. The van der Waals surface area contributed by atoms with Gasteiger partial charge in [-0.2, -0.15) is 0 Å². The van der Waals surface area contributed by atoms with Crippen LogP contribution in [-0.2, 0) is 17.8 Å². The van der Waals surface area contributed by atoms with Crippen LogP contribution in [0.4, 0.5) is 0 Å². The number of aromatic nitrogens is 3. The molecular weight excluding hydrogens is 242 g/mol. The molecule has 0 bridgehead atoms. The van der Waals surface area contributed by atoms with Gasteiger partial charge in [-0.15, -0.1) is 5.10 Å². The van der Waals surface area contributed by atoms with E-state index >= 15 is 0 Å². The fourth-order valence-corrected chi connectivity index (χ4v) is 2.31. The first kappa shape index (κ1) is 14.4. The highest BCUT2D eigenvalue weighted by Gasteiger charge is 2.14. The SMILES string of the molecule is CCNCc1cn(CCN2CCCOC(C)C2)nn1. The second kappa shape index (κ2) is 7.57. The van der Waals surface area contributed by atoms with E-state index in [0.29, 0.717) is 6.10 Å². The van der Waals surface area contributed by atoms with Crippen LogP contribution < -0.4 is 5.32 Å². The normalized spacial score (nSPS) is 21.5. The Balaban J connectivity index is 1.76. The number of hydrogen-bond donors (Lipinski definition) is 1. The van der Waals surface area contributed by atoms with Gasteiger partial charge in [0.05, 0.1) is 18.3 Å². The Morgan fingerprint density at radius 1 is 1.47 bits per heavy atom. The lowest BCUT2D eigenvalue weighted by molar-refractivity contribution is 0.0671. The largest absolute Gasteiger partial charge is 0.377 e. The standard InChI is InChI=1S/C13H25N5O/c1-3-14-9-13-11-18(16-15-13)7-6-17-5-4-8-19-12(2)10-17/h11-12,14H,3-10H2,1-2H3. The lowest BCUT2D eigenvalue weighted by Crippen LogP contribution is -2.33. The second-order valence-electron chi connectivity index (χ2n) is 5.09. The Kier molecular flexibility index (Phi) is 5.75. The summed E-state index contributed by atoms with van der Waals surface area (Å²) in [6, 6.07) is 0. The molecule has 6 nitrogen and oxygen atoms in total. The Hall–Kier alpha value is -0.980. The molecule has 1 aliphatic rings. The van der Waals surface area contributed by atoms with Gasteiger partial charge in [0.15, 0.2) is 0 Å². The van der Waals surface area contributed by atoms with E-state index in [-0.39, 0.29) is 0 Å². The van der Waals surface area contributed by atoms with Crippen LogP contribution in [0.3, 0.4) is 0 Å². The van der Waals surface area contributed by atoms with Crippen molar-refractivity contribution in [3.05, 3.63) is 11.9 Å². The first-order valence-electron chi connectivity index (χ1n) is 7.21. The predicted octanol–water partition coefficient (Wildman–Crippen LogP) is 0.498. The van der Waals surface area contributed by atoms with Crippen molar-refractivity contribution in [2.75, 3.05) is 32.8 Å². The van der Waals surface area contributed by atoms with Crippen molar-refractivity contribution in [3.8, 4) is 0 Å². The molecule has 0 aromatic carbocycles. The lowest BCUT2D eigenvalue weighted by atomic mass is 10.3. The van der Waals surface area contributed by atoms with Crippen LogP contribution in [0.25, 0.3) is 0 Å². The van der Waals surface area contributed by atoms with Gasteiger partial charge in [0.2, 0.25) is 0 Å². The molecule has 0 spiro atoms. The molecule has 0 aliphatic carbocycles. The molecule has 1 saturated heterocycles. The molecule has 1 fully saturated rings. The summed E-state index contributed by atoms with van der Waals surface area (Å²) in [5.41, 5.74) is 1.01. The topological polar surface area (TPSA) is 55.2 Å². The summed E-state index contributed by atoms with van der Waals surface area (Å²) in [6.07, 6.45) is 3.48. The van der Waals surface area contributed by atoms with Gasteiger partial charge in [0.25, 0.3) is 0 Å². The zero-order valence-electron chi connectivity index (χ0n) is 12.0. The maximum atomic E-state index is 5.65. The number of hydrogen-bond acceptors (Lipinski definition) is 5. The Labute approximate surface area is 115 Å². The summed E-state index contributed by atoms with van der Waals surface area (Å²) in [7, 11) is 0. The van der Waals surface area contributed by atoms with Crippen molar-refractivity contribution < 1.29 is 4.74 Å². The Morgan fingerprint density at radius 2 is 2.37 bits per heavy atom. The van der Waals surface area contributed by atoms with Crippen molar-refractivity contribution in [2.24, 2.45) is 0 Å². The number of rotatable bonds is 6. The van der Waals surface area contributed by atoms with E-state index in [1.807, 2.05) is 10.9 Å². The van der Waals surface area contributed by atoms with E-state index in [1.165, 1.54) is 0 Å². The maximum Gasteiger partial charge on any atom is 0.0964 e. The minimum Gasteiger partial charge on any atom is -0.377 e. The van der Waals surface area contributed by atoms with Crippen molar-refractivity contribution in [1.29, 1.82) is 0 Å². The molecule has 108 valence electrons. The fraction of sp³-hybridized carbons (Fsp3) is 0.846. The lowest BCUT2D eigenvalue weighted by Gasteiger charge is -2.21. The highest BCUT2D eigenvalue weighted by molar-refractivity contribution is 4.91. The van der Waals surface area contributed by atoms with Crippen LogP contribution in [0.15, 0.2) is 6.20 Å². The van der Waals surface area contributed by atoms with E-state index in [1.54, 1.807) is 0 Å². The van der Waals surface area contributed by atoms with Gasteiger partial charge < -0.3 is 10.1 Å². The van der Waals surface area contributed by atoms with E-state index in [9.17, 15) is 0 Å². The Bertz CT molecular complexity index is 368. The summed E-state index contributed by atoms with van der Waals surface area (Å²) in [4.78, 5) is 2.45. The smallest absolute Gasteiger partial charge is 0.0964 e. The van der Waals surface area contributed by atoms with Crippen LogP contribution in [0, 0.1) is 0 Å². The third kappa shape index (κ3) is 4.89. The third-order valence-electron chi connectivity index (χ3n) is 3.32. The average Bonchev–Trinajstić information content (AvgIpc) is 2.76. The monoisotopic (exact) mass is 267 g/mol. The first-order valence-corrected chi connectivity index (χ1v) is 7.21. The minimum absolute atomic E-state index is 0.336. The number of nitrogens with one attached hydrogen (secondary N) is 1. The van der Waals surface area contributed by atoms with Gasteiger partial charge in [-0.3, -0.25) is 9.58 Å². The first-order chi connectivity index (χ1) is 9.28. The van der Waals surface area contributed by atoms with Gasteiger partial charge in [-0.1, -0.05) is 12.1 Å². The molecule has 1 atom stereocenters. The molecule has 2 heterocycles. The van der Waals surface area contributed by atoms with Crippen LogP contribution in [0.5, 0.6) is 0 Å². The molecule has 6 heteroatoms. The zero-order chi connectivity index (χ0) is 13.5. The summed E-state index contributed by atoms with van der Waals surface area (Å²) in [5.74, 6) is 0. The molecule has 1 aromatic heterocycles. The van der Waals surface area contributed by atoms with Crippen LogP contribution in [0.1, 0.15) is 26.0 Å². The molecule has 2 rings (SSSR count). The molecule has 0 radical (unpaired) electrons. The summed E-state index contributed by atoms with van der Waals surface area (Å²) in [6.45, 7) is 10.9. The van der Waals surface area contributed by atoms with Gasteiger partial charge in [0, 0.05) is 39.0 Å². The maximum absolute atomic E-state index is 5.65. The number of ether oxygens (including phenoxy) is 1. The van der Waals surface area contributed by atoms with E-state index in [2.05, 4.69) is 34.4 Å². The highest BCUT2D eigenvalue weighted by Crippen LogP contribution is 2.05. The summed E-state index contributed by atoms with van der Waals surface area (Å²) in [5, 5.41) is 11.6. The van der Waals surface area contributed by atoms with E-state index < -0.39 is 0 Å². The second-order valence-corrected chi connectivity index (χ2v) is 5.09. The van der Waals surface area contributed by atoms with Crippen molar-refractivity contribution in [2.45, 2.75) is 39.5 Å². The van der Waals surface area contributed by atoms with E-state index in [0.717, 1.165) is 58.0 Å². The van der Waals surface area contributed by atoms with Crippen LogP contribution in [-0.4, -0.2) is 58.8 Å². The van der Waals surface area contributed by atoms with Gasteiger partial charge >= 0.3 is 0 Å². The molecule has 0 amide bonds. The highest BCUT2D eigenvalue weighted by atomic mass is 16.5. The quantitative estimate of drug-likeness (QED) is 0.813. The van der Waals surface area contributed by atoms with Gasteiger partial charge in [-0.25, -0.2) is 0 Å². The van der Waals surface area contributed by atoms with Crippen LogP contribution in [0.2, 0.25) is 0 Å². The minimum atomic E-state index is 0.336. The molecule has 1 unspecified atom stereocenters. The molecule has 1 N–H and O–H groups in total. The van der Waals surface area contributed by atoms with Crippen LogP contribution >= 0.6 is 0 Å². The van der Waals surface area contributed by atoms with Crippen molar-refractivity contribution in [1.82, 2.24) is 25.2 Å². The molecule has 1 aromatic rings. The fourth-order valence-electron chi connectivity index (χ4n) is 2.31. The van der Waals surface area contributed by atoms with Crippen molar-refractivity contribution in [3.63, 3.8) is 0 Å². The zero-order valence-corrected chi connectivity index (χ0v) is 12.0. The molecule has 1 aliphatic heterocycles. The molecule has 19 heavy (non-hydrogen) atoms. The number of nitrogens with zero attached hydrogens (tertiary/aromatic N) is 4. The van der Waals surface area contributed by atoms with Gasteiger partial charge in [-0.05, 0) is 19.9 Å².